The molecule has 2 aliphatic carbocycles. The molecule has 5 atom stereocenters. The van der Waals surface area contributed by atoms with E-state index in [4.69, 9.17) is 0 Å². The summed E-state index contributed by atoms with van der Waals surface area (Å²) >= 11 is 0. The SMILES string of the molecule is C=C(C)[C@@H]1CC[C@@H](C)[C@H](O)C1.C[C@@H]1CCCC[C@H]1O. The average Bonchev–Trinajstić information content (AvgIpc) is 2.37. The van der Waals surface area contributed by atoms with Crippen molar-refractivity contribution in [2.45, 2.75) is 77.9 Å². The fourth-order valence-corrected chi connectivity index (χ4v) is 3.04. The van der Waals surface area contributed by atoms with E-state index in [0.29, 0.717) is 17.8 Å². The van der Waals surface area contributed by atoms with Crippen LogP contribution in [0.25, 0.3) is 0 Å². The Morgan fingerprint density at radius 2 is 1.47 bits per heavy atom. The molecule has 2 heteroatoms. The van der Waals surface area contributed by atoms with Gasteiger partial charge in [-0.05, 0) is 56.8 Å². The summed E-state index contributed by atoms with van der Waals surface area (Å²) in [6.07, 6.45) is 8.00. The van der Waals surface area contributed by atoms with Crippen molar-refractivity contribution in [1.82, 2.24) is 0 Å². The first-order valence-corrected chi connectivity index (χ1v) is 7.93. The molecule has 0 aliphatic heterocycles. The second kappa shape index (κ2) is 8.06. The fourth-order valence-electron chi connectivity index (χ4n) is 3.04. The van der Waals surface area contributed by atoms with E-state index in [9.17, 15) is 10.2 Å². The summed E-state index contributed by atoms with van der Waals surface area (Å²) in [6.45, 7) is 10.2. The van der Waals surface area contributed by atoms with Crippen LogP contribution in [0.1, 0.15) is 65.7 Å². The van der Waals surface area contributed by atoms with Crippen molar-refractivity contribution in [3.8, 4) is 0 Å². The van der Waals surface area contributed by atoms with Crippen LogP contribution < -0.4 is 0 Å². The van der Waals surface area contributed by atoms with Crippen LogP contribution in [0.2, 0.25) is 0 Å². The minimum absolute atomic E-state index is 0.00347. The van der Waals surface area contributed by atoms with Gasteiger partial charge in [0.1, 0.15) is 0 Å². The van der Waals surface area contributed by atoms with Crippen LogP contribution in [-0.4, -0.2) is 22.4 Å². The lowest BCUT2D eigenvalue weighted by Gasteiger charge is -2.31. The Kier molecular flexibility index (Phi) is 7.09. The van der Waals surface area contributed by atoms with E-state index in [1.807, 2.05) is 0 Å². The Balaban J connectivity index is 0.000000200. The normalized spacial score (nSPS) is 39.1. The van der Waals surface area contributed by atoms with Crippen molar-refractivity contribution in [2.75, 3.05) is 0 Å². The maximum Gasteiger partial charge on any atom is 0.0571 e. The van der Waals surface area contributed by atoms with Crippen LogP contribution in [0.15, 0.2) is 12.2 Å². The van der Waals surface area contributed by atoms with Crippen LogP contribution in [0.4, 0.5) is 0 Å². The van der Waals surface area contributed by atoms with E-state index in [0.717, 1.165) is 19.3 Å². The minimum Gasteiger partial charge on any atom is -0.393 e. The van der Waals surface area contributed by atoms with Gasteiger partial charge in [-0.15, -0.1) is 0 Å². The zero-order valence-corrected chi connectivity index (χ0v) is 12.9. The third-order valence-electron chi connectivity index (χ3n) is 4.92. The maximum absolute atomic E-state index is 9.56. The van der Waals surface area contributed by atoms with Crippen LogP contribution >= 0.6 is 0 Å². The number of hydrogen-bond donors (Lipinski definition) is 2. The lowest BCUT2D eigenvalue weighted by Crippen LogP contribution is -2.27. The third kappa shape index (κ3) is 5.66. The number of aliphatic hydroxyl groups excluding tert-OH is 2. The largest absolute Gasteiger partial charge is 0.393 e. The van der Waals surface area contributed by atoms with Gasteiger partial charge in [-0.2, -0.15) is 0 Å². The quantitative estimate of drug-likeness (QED) is 0.708. The Hall–Kier alpha value is -0.340. The molecule has 0 heterocycles. The standard InChI is InChI=1S/C10H18O.C7H14O/c1-7(2)9-5-4-8(3)10(11)6-9;1-6-4-2-3-5-7(6)8/h8-11H,1,4-6H2,2-3H3;6-8H,2-5H2,1H3/t8-,9-,10-;6-,7-/m11/s1. The summed E-state index contributed by atoms with van der Waals surface area (Å²) < 4.78 is 0. The van der Waals surface area contributed by atoms with Gasteiger partial charge in [0.15, 0.2) is 0 Å². The zero-order chi connectivity index (χ0) is 14.4. The van der Waals surface area contributed by atoms with Crippen molar-refractivity contribution in [2.24, 2.45) is 17.8 Å². The predicted octanol–water partition coefficient (Wildman–Crippen LogP) is 3.92. The summed E-state index contributed by atoms with van der Waals surface area (Å²) in [5.74, 6) is 1.62. The minimum atomic E-state index is -0.0922. The lowest BCUT2D eigenvalue weighted by atomic mass is 9.78. The smallest absolute Gasteiger partial charge is 0.0571 e. The highest BCUT2D eigenvalue weighted by Crippen LogP contribution is 2.32. The van der Waals surface area contributed by atoms with Gasteiger partial charge in [-0.25, -0.2) is 0 Å². The number of aliphatic hydroxyl groups is 2. The molecule has 0 saturated heterocycles. The van der Waals surface area contributed by atoms with E-state index in [2.05, 4.69) is 27.4 Å². The summed E-state index contributed by atoms with van der Waals surface area (Å²) in [7, 11) is 0. The van der Waals surface area contributed by atoms with Gasteiger partial charge in [0, 0.05) is 0 Å². The highest BCUT2D eigenvalue weighted by atomic mass is 16.3. The highest BCUT2D eigenvalue weighted by molar-refractivity contribution is 4.99. The monoisotopic (exact) mass is 268 g/mol. The molecule has 0 aromatic carbocycles. The predicted molar refractivity (Wildman–Crippen MR) is 81.0 cm³/mol. The van der Waals surface area contributed by atoms with E-state index in [-0.39, 0.29) is 12.2 Å². The molecule has 19 heavy (non-hydrogen) atoms. The molecule has 0 aromatic heterocycles. The molecular weight excluding hydrogens is 236 g/mol. The molecule has 112 valence electrons. The van der Waals surface area contributed by atoms with Gasteiger partial charge in [-0.1, -0.05) is 38.8 Å². The molecule has 2 nitrogen and oxygen atoms in total. The van der Waals surface area contributed by atoms with Gasteiger partial charge >= 0.3 is 0 Å². The Bertz CT molecular complexity index is 264. The molecule has 2 aliphatic rings. The van der Waals surface area contributed by atoms with Crippen LogP contribution in [0, 0.1) is 17.8 Å². The molecule has 0 amide bonds. The average molecular weight is 268 g/mol. The molecule has 2 N–H and O–H groups in total. The van der Waals surface area contributed by atoms with Crippen LogP contribution in [0.3, 0.4) is 0 Å². The lowest BCUT2D eigenvalue weighted by molar-refractivity contribution is 0.0614. The van der Waals surface area contributed by atoms with Gasteiger partial charge in [0.2, 0.25) is 0 Å². The Morgan fingerprint density at radius 3 is 1.89 bits per heavy atom. The van der Waals surface area contributed by atoms with E-state index in [1.54, 1.807) is 0 Å². The van der Waals surface area contributed by atoms with Crippen molar-refractivity contribution in [1.29, 1.82) is 0 Å². The van der Waals surface area contributed by atoms with E-state index in [1.165, 1.54) is 31.3 Å². The molecule has 2 saturated carbocycles. The van der Waals surface area contributed by atoms with Gasteiger partial charge < -0.3 is 10.2 Å². The Morgan fingerprint density at radius 1 is 0.895 bits per heavy atom. The van der Waals surface area contributed by atoms with Crippen molar-refractivity contribution in [3.05, 3.63) is 12.2 Å². The summed E-state index contributed by atoms with van der Waals surface area (Å²) in [4.78, 5) is 0. The molecule has 0 unspecified atom stereocenters. The summed E-state index contributed by atoms with van der Waals surface area (Å²) in [5, 5.41) is 18.7. The van der Waals surface area contributed by atoms with E-state index < -0.39 is 0 Å². The Labute approximate surface area is 118 Å². The first kappa shape index (κ1) is 16.7. The maximum atomic E-state index is 9.56. The summed E-state index contributed by atoms with van der Waals surface area (Å²) in [5.41, 5.74) is 1.23. The van der Waals surface area contributed by atoms with Crippen molar-refractivity contribution in [3.63, 3.8) is 0 Å². The van der Waals surface area contributed by atoms with Crippen LogP contribution in [0.5, 0.6) is 0 Å². The third-order valence-corrected chi connectivity index (χ3v) is 4.92. The first-order valence-electron chi connectivity index (χ1n) is 7.93. The van der Waals surface area contributed by atoms with Gasteiger partial charge in [0.25, 0.3) is 0 Å². The van der Waals surface area contributed by atoms with Gasteiger partial charge in [0.05, 0.1) is 12.2 Å². The van der Waals surface area contributed by atoms with Gasteiger partial charge in [-0.3, -0.25) is 0 Å². The molecule has 2 rings (SSSR count). The molecule has 0 aromatic rings. The second-order valence-corrected chi connectivity index (χ2v) is 6.73. The van der Waals surface area contributed by atoms with Crippen molar-refractivity contribution >= 4 is 0 Å². The molecule has 0 radical (unpaired) electrons. The molecule has 2 fully saturated rings. The summed E-state index contributed by atoms with van der Waals surface area (Å²) in [6, 6.07) is 0. The number of allylic oxidation sites excluding steroid dienone is 1. The topological polar surface area (TPSA) is 40.5 Å². The molecular formula is C17H32O2. The number of rotatable bonds is 1. The fraction of sp³-hybridized carbons (Fsp3) is 0.882. The van der Waals surface area contributed by atoms with E-state index >= 15 is 0 Å². The number of hydrogen-bond acceptors (Lipinski definition) is 2. The van der Waals surface area contributed by atoms with Crippen molar-refractivity contribution < 1.29 is 10.2 Å². The van der Waals surface area contributed by atoms with Crippen LogP contribution in [-0.2, 0) is 0 Å². The molecule has 0 bridgehead atoms. The zero-order valence-electron chi connectivity index (χ0n) is 12.9. The highest BCUT2D eigenvalue weighted by Gasteiger charge is 2.25. The molecule has 0 spiro atoms. The first-order chi connectivity index (χ1) is 8.91. The second-order valence-electron chi connectivity index (χ2n) is 6.73.